The topological polar surface area (TPSA) is 49.9 Å². The molecule has 8 aromatic carbocycles. The molecule has 4 heteroatoms. The fourth-order valence-corrected chi connectivity index (χ4v) is 7.40. The van der Waals surface area contributed by atoms with Crippen LogP contribution in [0.2, 0.25) is 0 Å². The van der Waals surface area contributed by atoms with Gasteiger partial charge in [0.1, 0.15) is 23.2 Å². The Morgan fingerprint density at radius 3 is 2.00 bits per heavy atom. The number of nitrogens with one attached hydrogen (secondary N) is 1. The maximum Gasteiger partial charge on any atom is 0.159 e. The first-order valence-corrected chi connectivity index (χ1v) is 17.3. The van der Waals surface area contributed by atoms with Crippen LogP contribution in [0.25, 0.3) is 65.7 Å². The third-order valence-corrected chi connectivity index (χ3v) is 9.94. The molecular formula is C47H31N3O. The molecule has 0 amide bonds. The highest BCUT2D eigenvalue weighted by Crippen LogP contribution is 2.41. The summed E-state index contributed by atoms with van der Waals surface area (Å²) in [5, 5.41) is 10.6. The van der Waals surface area contributed by atoms with Gasteiger partial charge in [0.05, 0.1) is 0 Å². The first kappa shape index (κ1) is 29.2. The van der Waals surface area contributed by atoms with Crippen molar-refractivity contribution in [2.75, 3.05) is 0 Å². The first-order valence-electron chi connectivity index (χ1n) is 17.3. The summed E-state index contributed by atoms with van der Waals surface area (Å²) in [7, 11) is 0. The molecule has 0 fully saturated rings. The predicted molar refractivity (Wildman–Crippen MR) is 211 cm³/mol. The van der Waals surface area contributed by atoms with Crippen molar-refractivity contribution in [2.45, 2.75) is 6.17 Å². The lowest BCUT2D eigenvalue weighted by molar-refractivity contribution is 0.668. The summed E-state index contributed by atoms with van der Waals surface area (Å²) in [5.41, 5.74) is 9.20. The second-order valence-electron chi connectivity index (χ2n) is 13.0. The van der Waals surface area contributed by atoms with Crippen LogP contribution in [0.1, 0.15) is 22.9 Å². The van der Waals surface area contributed by atoms with E-state index in [2.05, 4.69) is 163 Å². The van der Waals surface area contributed by atoms with Crippen molar-refractivity contribution in [1.29, 1.82) is 0 Å². The van der Waals surface area contributed by atoms with Crippen molar-refractivity contribution in [3.05, 3.63) is 193 Å². The second-order valence-corrected chi connectivity index (χ2v) is 13.0. The number of fused-ring (bicyclic) bond motifs is 5. The molecule has 1 aliphatic heterocycles. The third kappa shape index (κ3) is 5.08. The van der Waals surface area contributed by atoms with Gasteiger partial charge in [-0.1, -0.05) is 152 Å². The van der Waals surface area contributed by atoms with E-state index in [-0.39, 0.29) is 6.17 Å². The summed E-state index contributed by atoms with van der Waals surface area (Å²) in [6, 6.07) is 61.6. The molecule has 1 N–H and O–H groups in total. The highest BCUT2D eigenvalue weighted by molar-refractivity contribution is 6.24. The van der Waals surface area contributed by atoms with Crippen LogP contribution < -0.4 is 5.32 Å². The normalized spacial score (nSPS) is 14.5. The van der Waals surface area contributed by atoms with E-state index >= 15 is 0 Å². The molecule has 2 heterocycles. The van der Waals surface area contributed by atoms with E-state index in [1.54, 1.807) is 0 Å². The fourth-order valence-electron chi connectivity index (χ4n) is 7.40. The van der Waals surface area contributed by atoms with Crippen molar-refractivity contribution in [3.8, 4) is 22.3 Å². The van der Waals surface area contributed by atoms with Gasteiger partial charge in [0.25, 0.3) is 0 Å². The number of hydrogen-bond acceptors (Lipinski definition) is 4. The zero-order chi connectivity index (χ0) is 33.7. The van der Waals surface area contributed by atoms with Crippen LogP contribution in [0.15, 0.2) is 190 Å². The van der Waals surface area contributed by atoms with E-state index in [9.17, 15) is 0 Å². The summed E-state index contributed by atoms with van der Waals surface area (Å²) >= 11 is 0. The van der Waals surface area contributed by atoms with Gasteiger partial charge >= 0.3 is 0 Å². The quantitative estimate of drug-likeness (QED) is 0.201. The smallest absolute Gasteiger partial charge is 0.159 e. The number of rotatable bonds is 5. The lowest BCUT2D eigenvalue weighted by atomic mass is 9.94. The van der Waals surface area contributed by atoms with E-state index in [4.69, 9.17) is 14.4 Å². The van der Waals surface area contributed by atoms with Gasteiger partial charge in [0.2, 0.25) is 0 Å². The van der Waals surface area contributed by atoms with Gasteiger partial charge in [0.15, 0.2) is 5.84 Å². The van der Waals surface area contributed by atoms with Crippen LogP contribution in [0.5, 0.6) is 0 Å². The van der Waals surface area contributed by atoms with E-state index in [1.165, 1.54) is 27.1 Å². The Bertz CT molecular complexity index is 2820. The molecule has 51 heavy (non-hydrogen) atoms. The number of furan rings is 1. The van der Waals surface area contributed by atoms with Gasteiger partial charge in [-0.15, -0.1) is 0 Å². The molecule has 240 valence electrons. The largest absolute Gasteiger partial charge is 0.455 e. The van der Waals surface area contributed by atoms with Gasteiger partial charge in [-0.05, 0) is 68.1 Å². The average molecular weight is 654 g/mol. The van der Waals surface area contributed by atoms with Crippen molar-refractivity contribution < 1.29 is 4.42 Å². The Balaban J connectivity index is 1.12. The van der Waals surface area contributed by atoms with Crippen molar-refractivity contribution in [2.24, 2.45) is 9.98 Å². The molecular weight excluding hydrogens is 623 g/mol. The SMILES string of the molecule is c1ccc(C2N=C(c3ccc(-c4ccc5ccccc5c4)cc3)N=C(c3ccc(-c4cccc5ccccc45)c4oc5ccccc5c34)N2)cc1. The molecule has 1 aromatic heterocycles. The number of nitrogens with zero attached hydrogens (tertiary/aromatic N) is 2. The Morgan fingerprint density at radius 1 is 0.471 bits per heavy atom. The number of hydrogen-bond donors (Lipinski definition) is 1. The highest BCUT2D eigenvalue weighted by Gasteiger charge is 2.25. The molecule has 0 radical (unpaired) electrons. The van der Waals surface area contributed by atoms with Gasteiger partial charge in [-0.3, -0.25) is 0 Å². The fraction of sp³-hybridized carbons (Fsp3) is 0.0213. The number of amidine groups is 2. The molecule has 0 bridgehead atoms. The van der Waals surface area contributed by atoms with Crippen LogP contribution in [0.3, 0.4) is 0 Å². The number of aliphatic imine (C=N–C) groups is 2. The summed E-state index contributed by atoms with van der Waals surface area (Å²) in [5.74, 6) is 1.44. The van der Waals surface area contributed by atoms with Gasteiger partial charge in [-0.25, -0.2) is 9.98 Å². The minimum atomic E-state index is -0.320. The van der Waals surface area contributed by atoms with E-state index in [0.717, 1.165) is 61.2 Å². The van der Waals surface area contributed by atoms with Gasteiger partial charge < -0.3 is 9.73 Å². The monoisotopic (exact) mass is 653 g/mol. The van der Waals surface area contributed by atoms with Crippen molar-refractivity contribution >= 4 is 55.2 Å². The van der Waals surface area contributed by atoms with Crippen molar-refractivity contribution in [3.63, 3.8) is 0 Å². The summed E-state index contributed by atoms with van der Waals surface area (Å²) in [4.78, 5) is 10.4. The minimum absolute atomic E-state index is 0.320. The molecule has 0 saturated heterocycles. The summed E-state index contributed by atoms with van der Waals surface area (Å²) < 4.78 is 6.71. The summed E-state index contributed by atoms with van der Waals surface area (Å²) in [6.07, 6.45) is -0.320. The molecule has 0 spiro atoms. The second kappa shape index (κ2) is 12.0. The molecule has 1 aliphatic rings. The van der Waals surface area contributed by atoms with Crippen LogP contribution >= 0.6 is 0 Å². The highest BCUT2D eigenvalue weighted by atomic mass is 16.3. The molecule has 0 aliphatic carbocycles. The van der Waals surface area contributed by atoms with Crippen LogP contribution in [-0.4, -0.2) is 11.7 Å². The zero-order valence-corrected chi connectivity index (χ0v) is 27.6. The van der Waals surface area contributed by atoms with E-state index < -0.39 is 0 Å². The number of para-hydroxylation sites is 1. The lowest BCUT2D eigenvalue weighted by Crippen LogP contribution is -2.33. The molecule has 10 rings (SSSR count). The third-order valence-electron chi connectivity index (χ3n) is 9.94. The molecule has 9 aromatic rings. The number of benzene rings is 8. The van der Waals surface area contributed by atoms with Gasteiger partial charge in [-0.2, -0.15) is 0 Å². The Morgan fingerprint density at radius 2 is 1.14 bits per heavy atom. The minimum Gasteiger partial charge on any atom is -0.455 e. The lowest BCUT2D eigenvalue weighted by Gasteiger charge is -2.24. The zero-order valence-electron chi connectivity index (χ0n) is 27.6. The van der Waals surface area contributed by atoms with Crippen LogP contribution in [0.4, 0.5) is 0 Å². The molecule has 1 unspecified atom stereocenters. The summed E-state index contributed by atoms with van der Waals surface area (Å²) in [6.45, 7) is 0. The van der Waals surface area contributed by atoms with Crippen LogP contribution in [0, 0.1) is 0 Å². The Labute approximate surface area is 295 Å². The molecule has 4 nitrogen and oxygen atoms in total. The Hall–Kier alpha value is -6.78. The standard InChI is InChI=1S/C47H31N3O/c1-2-13-33(14-3-1)45-48-46(34-24-21-31(22-25-34)36-26-23-30-11-4-5-15-35(30)29-36)50-47(49-45)41-28-27-39(38-19-10-16-32-12-6-7-17-37(32)38)44-43(41)40-18-8-9-20-42(40)51-44/h1-29,45H,(H,48,49,50). The Kier molecular flexibility index (Phi) is 6.85. The molecule has 1 atom stereocenters. The predicted octanol–water partition coefficient (Wildman–Crippen LogP) is 11.7. The first-order chi connectivity index (χ1) is 25.3. The maximum atomic E-state index is 6.71. The molecule has 0 saturated carbocycles. The maximum absolute atomic E-state index is 6.71. The average Bonchev–Trinajstić information content (AvgIpc) is 3.60. The van der Waals surface area contributed by atoms with E-state index in [0.29, 0.717) is 5.84 Å². The van der Waals surface area contributed by atoms with E-state index in [1.807, 2.05) is 18.2 Å². The van der Waals surface area contributed by atoms with Gasteiger partial charge in [0, 0.05) is 27.5 Å². The van der Waals surface area contributed by atoms with Crippen LogP contribution in [-0.2, 0) is 0 Å². The van der Waals surface area contributed by atoms with Crippen molar-refractivity contribution in [1.82, 2.24) is 5.32 Å².